The quantitative estimate of drug-likeness (QED) is 0.621. The third-order valence-electron chi connectivity index (χ3n) is 4.36. The van der Waals surface area contributed by atoms with E-state index in [9.17, 15) is 10.1 Å². The van der Waals surface area contributed by atoms with Crippen molar-refractivity contribution < 1.29 is 9.66 Å². The number of methoxy groups -OCH3 is 1. The summed E-state index contributed by atoms with van der Waals surface area (Å²) in [6, 6.07) is 5.00. The maximum absolute atomic E-state index is 11.8. The molecular weight excluding hydrogens is 358 g/mol. The van der Waals surface area contributed by atoms with E-state index in [0.29, 0.717) is 28.2 Å². The van der Waals surface area contributed by atoms with Crippen LogP contribution in [0.4, 0.5) is 23.0 Å². The fourth-order valence-corrected chi connectivity index (χ4v) is 3.32. The Hall–Kier alpha value is -2.61. The molecule has 0 radical (unpaired) electrons. The molecule has 138 valence electrons. The molecular formula is C17H20ClN5O3. The highest BCUT2D eigenvalue weighted by atomic mass is 35.5. The van der Waals surface area contributed by atoms with Crippen LogP contribution in [0.25, 0.3) is 0 Å². The largest absolute Gasteiger partial charge is 0.495 e. The van der Waals surface area contributed by atoms with Gasteiger partial charge < -0.3 is 15.0 Å². The lowest BCUT2D eigenvalue weighted by Crippen LogP contribution is -2.35. The SMILES string of the molecule is COc1ccc(Cl)cc1Nc1ncnc(N2CCCC(C)C2)c1[N+](=O)[O-]. The van der Waals surface area contributed by atoms with Gasteiger partial charge in [0.25, 0.3) is 0 Å². The van der Waals surface area contributed by atoms with Crippen LogP contribution in [0.5, 0.6) is 5.75 Å². The molecule has 9 heteroatoms. The predicted molar refractivity (Wildman–Crippen MR) is 101 cm³/mol. The standard InChI is InChI=1S/C17H20ClN5O3/c1-11-4-3-7-22(9-11)17-15(23(24)25)16(19-10-20-17)21-13-8-12(18)5-6-14(13)26-2/h5-6,8,10-11H,3-4,7,9H2,1-2H3,(H,19,20,21). The van der Waals surface area contributed by atoms with Gasteiger partial charge in [-0.25, -0.2) is 9.97 Å². The van der Waals surface area contributed by atoms with Gasteiger partial charge in [0.1, 0.15) is 12.1 Å². The Morgan fingerprint density at radius 1 is 1.42 bits per heavy atom. The first-order chi connectivity index (χ1) is 12.5. The molecule has 0 amide bonds. The van der Waals surface area contributed by atoms with E-state index in [1.165, 1.54) is 13.4 Å². The lowest BCUT2D eigenvalue weighted by Gasteiger charge is -2.31. The van der Waals surface area contributed by atoms with E-state index in [-0.39, 0.29) is 11.5 Å². The van der Waals surface area contributed by atoms with Gasteiger partial charge >= 0.3 is 5.69 Å². The minimum atomic E-state index is -0.450. The van der Waals surface area contributed by atoms with E-state index < -0.39 is 4.92 Å². The van der Waals surface area contributed by atoms with Crippen molar-refractivity contribution in [3.8, 4) is 5.75 Å². The summed E-state index contributed by atoms with van der Waals surface area (Å²) >= 11 is 6.04. The summed E-state index contributed by atoms with van der Waals surface area (Å²) < 4.78 is 5.29. The predicted octanol–water partition coefficient (Wildman–Crippen LogP) is 4.03. The molecule has 26 heavy (non-hydrogen) atoms. The molecule has 0 spiro atoms. The minimum absolute atomic E-state index is 0.110. The van der Waals surface area contributed by atoms with Gasteiger partial charge in [0.2, 0.25) is 11.6 Å². The number of anilines is 3. The normalized spacial score (nSPS) is 17.0. The van der Waals surface area contributed by atoms with Crippen molar-refractivity contribution in [2.24, 2.45) is 5.92 Å². The molecule has 3 rings (SSSR count). The van der Waals surface area contributed by atoms with Crippen LogP contribution in [0.15, 0.2) is 24.5 Å². The number of piperidine rings is 1. The molecule has 2 aromatic rings. The molecule has 0 aliphatic carbocycles. The molecule has 1 atom stereocenters. The van der Waals surface area contributed by atoms with Gasteiger partial charge in [-0.05, 0) is 37.0 Å². The minimum Gasteiger partial charge on any atom is -0.495 e. The zero-order valence-corrected chi connectivity index (χ0v) is 15.4. The van der Waals surface area contributed by atoms with Gasteiger partial charge in [-0.15, -0.1) is 0 Å². The Morgan fingerprint density at radius 3 is 2.92 bits per heavy atom. The van der Waals surface area contributed by atoms with Crippen molar-refractivity contribution in [3.63, 3.8) is 0 Å². The monoisotopic (exact) mass is 377 g/mol. The highest BCUT2D eigenvalue weighted by molar-refractivity contribution is 6.31. The van der Waals surface area contributed by atoms with Crippen LogP contribution in [0.2, 0.25) is 5.02 Å². The number of ether oxygens (including phenoxy) is 1. The van der Waals surface area contributed by atoms with E-state index in [1.807, 2.05) is 4.90 Å². The molecule has 1 aliphatic heterocycles. The number of benzene rings is 1. The molecule has 0 saturated carbocycles. The summed E-state index contributed by atoms with van der Waals surface area (Å²) in [6.45, 7) is 3.61. The second-order valence-corrected chi connectivity index (χ2v) is 6.75. The Kier molecular flexibility index (Phi) is 5.41. The van der Waals surface area contributed by atoms with Crippen molar-refractivity contribution in [1.29, 1.82) is 0 Å². The second-order valence-electron chi connectivity index (χ2n) is 6.31. The summed E-state index contributed by atoms with van der Waals surface area (Å²) in [5.74, 6) is 1.41. The molecule has 8 nitrogen and oxygen atoms in total. The summed E-state index contributed by atoms with van der Waals surface area (Å²) in [5, 5.41) is 15.2. The highest BCUT2D eigenvalue weighted by Gasteiger charge is 2.29. The fourth-order valence-electron chi connectivity index (χ4n) is 3.15. The van der Waals surface area contributed by atoms with Crippen LogP contribution < -0.4 is 15.0 Å². The average Bonchev–Trinajstić information content (AvgIpc) is 2.61. The van der Waals surface area contributed by atoms with Gasteiger partial charge in [0.15, 0.2) is 0 Å². The lowest BCUT2D eigenvalue weighted by molar-refractivity contribution is -0.383. The molecule has 2 heterocycles. The number of hydrogen-bond acceptors (Lipinski definition) is 7. The number of nitro groups is 1. The first kappa shape index (κ1) is 18.2. The average molecular weight is 378 g/mol. The molecule has 1 aromatic heterocycles. The van der Waals surface area contributed by atoms with Gasteiger partial charge in [0.05, 0.1) is 17.7 Å². The maximum atomic E-state index is 11.8. The Morgan fingerprint density at radius 2 is 2.23 bits per heavy atom. The Bertz CT molecular complexity index is 817. The first-order valence-corrected chi connectivity index (χ1v) is 8.72. The van der Waals surface area contributed by atoms with Gasteiger partial charge in [0, 0.05) is 18.1 Å². The van der Waals surface area contributed by atoms with Crippen LogP contribution in [-0.2, 0) is 0 Å². The number of nitrogens with zero attached hydrogens (tertiary/aromatic N) is 4. The van der Waals surface area contributed by atoms with Crippen molar-refractivity contribution in [3.05, 3.63) is 39.7 Å². The molecule has 1 N–H and O–H groups in total. The summed E-state index contributed by atoms with van der Waals surface area (Å²) in [7, 11) is 1.52. The third kappa shape index (κ3) is 3.80. The molecule has 1 saturated heterocycles. The number of rotatable bonds is 5. The topological polar surface area (TPSA) is 93.4 Å². The zero-order chi connectivity index (χ0) is 18.7. The van der Waals surface area contributed by atoms with Gasteiger partial charge in [-0.3, -0.25) is 10.1 Å². The van der Waals surface area contributed by atoms with E-state index in [4.69, 9.17) is 16.3 Å². The van der Waals surface area contributed by atoms with E-state index >= 15 is 0 Å². The number of nitrogens with one attached hydrogen (secondary N) is 1. The zero-order valence-electron chi connectivity index (χ0n) is 14.6. The van der Waals surface area contributed by atoms with Gasteiger partial charge in [-0.2, -0.15) is 0 Å². The van der Waals surface area contributed by atoms with E-state index in [0.717, 1.165) is 25.9 Å². The highest BCUT2D eigenvalue weighted by Crippen LogP contribution is 2.37. The van der Waals surface area contributed by atoms with Crippen molar-refractivity contribution in [2.45, 2.75) is 19.8 Å². The number of hydrogen-bond donors (Lipinski definition) is 1. The third-order valence-corrected chi connectivity index (χ3v) is 4.59. The molecule has 1 fully saturated rings. The Balaban J connectivity index is 2.01. The summed E-state index contributed by atoms with van der Waals surface area (Å²) in [5.41, 5.74) is 0.350. The lowest BCUT2D eigenvalue weighted by atomic mass is 10.0. The Labute approximate surface area is 156 Å². The smallest absolute Gasteiger partial charge is 0.353 e. The van der Waals surface area contributed by atoms with Crippen LogP contribution in [0.3, 0.4) is 0 Å². The number of aromatic nitrogens is 2. The molecule has 1 aliphatic rings. The van der Waals surface area contributed by atoms with Crippen LogP contribution in [0, 0.1) is 16.0 Å². The maximum Gasteiger partial charge on any atom is 0.353 e. The van der Waals surface area contributed by atoms with E-state index in [2.05, 4.69) is 22.2 Å². The molecule has 1 unspecified atom stereocenters. The van der Waals surface area contributed by atoms with Gasteiger partial charge in [-0.1, -0.05) is 18.5 Å². The first-order valence-electron chi connectivity index (χ1n) is 8.34. The van der Waals surface area contributed by atoms with Crippen molar-refractivity contribution >= 4 is 34.6 Å². The molecule has 0 bridgehead atoms. The second kappa shape index (κ2) is 7.74. The van der Waals surface area contributed by atoms with Crippen molar-refractivity contribution in [1.82, 2.24) is 9.97 Å². The summed E-state index contributed by atoms with van der Waals surface area (Å²) in [4.78, 5) is 21.6. The number of halogens is 1. The van der Waals surface area contributed by atoms with Crippen LogP contribution in [0.1, 0.15) is 19.8 Å². The van der Waals surface area contributed by atoms with E-state index in [1.54, 1.807) is 18.2 Å². The van der Waals surface area contributed by atoms with Crippen molar-refractivity contribution in [2.75, 3.05) is 30.4 Å². The molecule has 1 aromatic carbocycles. The summed E-state index contributed by atoms with van der Waals surface area (Å²) in [6.07, 6.45) is 3.42. The van der Waals surface area contributed by atoms with Crippen LogP contribution in [-0.4, -0.2) is 35.1 Å². The van der Waals surface area contributed by atoms with Crippen LogP contribution >= 0.6 is 11.6 Å². The fraction of sp³-hybridized carbons (Fsp3) is 0.412.